The van der Waals surface area contributed by atoms with Gasteiger partial charge in [0, 0.05) is 38.3 Å². The van der Waals surface area contributed by atoms with E-state index in [1.807, 2.05) is 12.1 Å². The number of hydrogen-bond donors (Lipinski definition) is 2. The van der Waals surface area contributed by atoms with Crippen molar-refractivity contribution in [2.24, 2.45) is 0 Å². The lowest BCUT2D eigenvalue weighted by Crippen LogP contribution is -2.36. The maximum Gasteiger partial charge on any atom is 0.322 e. The van der Waals surface area contributed by atoms with Crippen LogP contribution in [0.2, 0.25) is 0 Å². The Balaban J connectivity index is 1.64. The monoisotopic (exact) mass is 481 g/mol. The molecule has 2 aliphatic heterocycles. The molecule has 0 unspecified atom stereocenters. The smallest absolute Gasteiger partial charge is 0.322 e. The van der Waals surface area contributed by atoms with E-state index in [1.165, 1.54) is 12.1 Å². The van der Waals surface area contributed by atoms with Crippen molar-refractivity contribution in [3.63, 3.8) is 0 Å². The van der Waals surface area contributed by atoms with Crippen LogP contribution in [-0.2, 0) is 4.74 Å². The summed E-state index contributed by atoms with van der Waals surface area (Å²) in [5.41, 5.74) is 3.10. The zero-order valence-electron chi connectivity index (χ0n) is 19.6. The molecule has 10 heteroatoms. The van der Waals surface area contributed by atoms with E-state index in [2.05, 4.69) is 15.2 Å². The van der Waals surface area contributed by atoms with Gasteiger partial charge < -0.3 is 29.7 Å². The summed E-state index contributed by atoms with van der Waals surface area (Å²) in [6, 6.07) is 8.21. The number of aromatic nitrogens is 1. The number of benzene rings is 1. The third-order valence-electron chi connectivity index (χ3n) is 5.98. The van der Waals surface area contributed by atoms with E-state index in [0.717, 1.165) is 16.7 Å². The van der Waals surface area contributed by atoms with Crippen LogP contribution in [0.4, 0.5) is 20.7 Å². The molecule has 2 aromatic rings. The Hall–Kier alpha value is -3.68. The van der Waals surface area contributed by atoms with Crippen molar-refractivity contribution in [3.8, 4) is 23.1 Å². The average molecular weight is 482 g/mol. The Morgan fingerprint density at radius 2 is 2.11 bits per heavy atom. The number of pyridine rings is 1. The first-order chi connectivity index (χ1) is 17.0. The molecule has 0 atom stereocenters. The van der Waals surface area contributed by atoms with Crippen LogP contribution in [0.5, 0.6) is 5.88 Å². The molecule has 35 heavy (non-hydrogen) atoms. The molecule has 0 aliphatic carbocycles. The van der Waals surface area contributed by atoms with Gasteiger partial charge in [0.05, 0.1) is 31.6 Å². The first-order valence-electron chi connectivity index (χ1n) is 11.5. The van der Waals surface area contributed by atoms with Crippen molar-refractivity contribution in [1.82, 2.24) is 9.88 Å². The fourth-order valence-electron chi connectivity index (χ4n) is 4.16. The van der Waals surface area contributed by atoms with Crippen LogP contribution in [0.25, 0.3) is 11.1 Å². The highest BCUT2D eigenvalue weighted by molar-refractivity contribution is 5.91. The molecule has 2 fully saturated rings. The predicted octanol–water partition coefficient (Wildman–Crippen LogP) is 3.09. The number of aliphatic hydroxyl groups excluding tert-OH is 1. The predicted molar refractivity (Wildman–Crippen MR) is 129 cm³/mol. The minimum atomic E-state index is -0.536. The number of carbonyl (C=O) groups is 1. The van der Waals surface area contributed by atoms with E-state index in [-0.39, 0.29) is 18.9 Å². The van der Waals surface area contributed by atoms with Gasteiger partial charge in [0.25, 0.3) is 0 Å². The molecule has 184 valence electrons. The summed E-state index contributed by atoms with van der Waals surface area (Å²) in [6.07, 6.45) is 2.07. The number of halogens is 1. The summed E-state index contributed by atoms with van der Waals surface area (Å²) < 4.78 is 25.9. The zero-order chi connectivity index (χ0) is 24.8. The molecule has 1 aromatic carbocycles. The molecular weight excluding hydrogens is 453 g/mol. The highest BCUT2D eigenvalue weighted by atomic mass is 19.1. The molecule has 0 bridgehead atoms. The van der Waals surface area contributed by atoms with Crippen LogP contribution in [0.3, 0.4) is 0 Å². The number of anilines is 2. The maximum atomic E-state index is 14.8. The van der Waals surface area contributed by atoms with Crippen molar-refractivity contribution in [3.05, 3.63) is 47.3 Å². The lowest BCUT2D eigenvalue weighted by atomic mass is 10.00. The van der Waals surface area contributed by atoms with Gasteiger partial charge in [0.1, 0.15) is 18.2 Å². The summed E-state index contributed by atoms with van der Waals surface area (Å²) in [5.74, 6) is 0.508. The van der Waals surface area contributed by atoms with Gasteiger partial charge in [-0.1, -0.05) is 0 Å². The quantitative estimate of drug-likeness (QED) is 0.610. The van der Waals surface area contributed by atoms with Crippen LogP contribution in [0, 0.1) is 24.1 Å². The molecular formula is C25H28FN5O4. The molecule has 2 aliphatic rings. The maximum absolute atomic E-state index is 14.8. The molecule has 1 aromatic heterocycles. The van der Waals surface area contributed by atoms with Crippen LogP contribution in [0.15, 0.2) is 35.9 Å². The number of nitrogens with one attached hydrogen (secondary N) is 1. The molecule has 2 N–H and O–H groups in total. The normalized spacial score (nSPS) is 16.9. The number of nitriles is 1. The van der Waals surface area contributed by atoms with Gasteiger partial charge in [0.2, 0.25) is 5.88 Å². The standard InChI is InChI=1S/C25H28FN5O4/c1-17-12-21(26)22(28-25(33)31-5-3-18(16-31)2-4-27)15-20(17)19-13-23(30-6-9-34-10-7-30)29-24(14-19)35-11-8-32/h2,12-15,32H,3,5-11,16H2,1H3,(H,28,33)/b18-2+. The summed E-state index contributed by atoms with van der Waals surface area (Å²) in [6.45, 7) is 5.10. The van der Waals surface area contributed by atoms with Crippen molar-refractivity contribution < 1.29 is 23.8 Å². The Morgan fingerprint density at radius 1 is 1.31 bits per heavy atom. The van der Waals surface area contributed by atoms with Gasteiger partial charge in [-0.05, 0) is 53.8 Å². The van der Waals surface area contributed by atoms with E-state index in [1.54, 1.807) is 24.0 Å². The average Bonchev–Trinajstić information content (AvgIpc) is 3.34. The number of aryl methyl sites for hydroxylation is 1. The van der Waals surface area contributed by atoms with Gasteiger partial charge in [-0.15, -0.1) is 0 Å². The number of likely N-dealkylation sites (tertiary alicyclic amines) is 1. The summed E-state index contributed by atoms with van der Waals surface area (Å²) in [7, 11) is 0. The summed E-state index contributed by atoms with van der Waals surface area (Å²) in [5, 5.41) is 20.7. The van der Waals surface area contributed by atoms with Crippen molar-refractivity contribution in [2.75, 3.05) is 62.8 Å². The number of morpholine rings is 1. The fraction of sp³-hybridized carbons (Fsp3) is 0.400. The van der Waals surface area contributed by atoms with Crippen LogP contribution >= 0.6 is 0 Å². The highest BCUT2D eigenvalue weighted by Crippen LogP contribution is 2.33. The van der Waals surface area contributed by atoms with E-state index < -0.39 is 11.8 Å². The summed E-state index contributed by atoms with van der Waals surface area (Å²) >= 11 is 0. The number of hydrogen-bond acceptors (Lipinski definition) is 7. The second-order valence-electron chi connectivity index (χ2n) is 8.40. The molecule has 4 rings (SSSR count). The van der Waals surface area contributed by atoms with E-state index >= 15 is 0 Å². The Morgan fingerprint density at radius 3 is 2.86 bits per heavy atom. The third-order valence-corrected chi connectivity index (χ3v) is 5.98. The van der Waals surface area contributed by atoms with E-state index in [9.17, 15) is 14.3 Å². The molecule has 2 amide bonds. The van der Waals surface area contributed by atoms with Gasteiger partial charge in [-0.3, -0.25) is 0 Å². The van der Waals surface area contributed by atoms with Gasteiger partial charge in [-0.25, -0.2) is 9.18 Å². The number of rotatable bonds is 6. The SMILES string of the molecule is Cc1cc(F)c(NC(=O)N2CC/C(=C\C#N)C2)cc1-c1cc(OCCO)nc(N2CCOCC2)c1. The Bertz CT molecular complexity index is 1160. The molecule has 0 spiro atoms. The number of aliphatic hydroxyl groups is 1. The number of allylic oxidation sites excluding steroid dienone is 1. The van der Waals surface area contributed by atoms with Crippen molar-refractivity contribution in [2.45, 2.75) is 13.3 Å². The molecule has 0 radical (unpaired) electrons. The lowest BCUT2D eigenvalue weighted by molar-refractivity contribution is 0.122. The molecule has 3 heterocycles. The number of ether oxygens (including phenoxy) is 2. The second kappa shape index (κ2) is 11.2. The van der Waals surface area contributed by atoms with Crippen LogP contribution in [-0.4, -0.2) is 73.6 Å². The number of urea groups is 1. The number of carbonyl (C=O) groups excluding carboxylic acids is 1. The van der Waals surface area contributed by atoms with Crippen LogP contribution in [0.1, 0.15) is 12.0 Å². The second-order valence-corrected chi connectivity index (χ2v) is 8.40. The van der Waals surface area contributed by atoms with Gasteiger partial charge >= 0.3 is 6.03 Å². The van der Waals surface area contributed by atoms with E-state index in [4.69, 9.17) is 14.7 Å². The first-order valence-corrected chi connectivity index (χ1v) is 11.5. The molecule has 0 saturated carbocycles. The minimum Gasteiger partial charge on any atom is -0.475 e. The zero-order valence-corrected chi connectivity index (χ0v) is 19.6. The van der Waals surface area contributed by atoms with Gasteiger partial charge in [-0.2, -0.15) is 10.2 Å². The molecule has 2 saturated heterocycles. The first kappa shape index (κ1) is 24.4. The lowest BCUT2D eigenvalue weighted by Gasteiger charge is -2.28. The third kappa shape index (κ3) is 5.88. The van der Waals surface area contributed by atoms with Crippen molar-refractivity contribution in [1.29, 1.82) is 5.26 Å². The highest BCUT2D eigenvalue weighted by Gasteiger charge is 2.23. The van der Waals surface area contributed by atoms with Crippen molar-refractivity contribution >= 4 is 17.5 Å². The summed E-state index contributed by atoms with van der Waals surface area (Å²) in [4.78, 5) is 21.0. The number of nitrogens with zero attached hydrogens (tertiary/aromatic N) is 4. The van der Waals surface area contributed by atoms with Crippen LogP contribution < -0.4 is 15.0 Å². The Labute approximate surface area is 203 Å². The fourth-order valence-corrected chi connectivity index (χ4v) is 4.16. The number of amides is 2. The minimum absolute atomic E-state index is 0.0656. The molecule has 9 nitrogen and oxygen atoms in total. The van der Waals surface area contributed by atoms with Gasteiger partial charge in [0.15, 0.2) is 0 Å². The largest absolute Gasteiger partial charge is 0.475 e. The topological polar surface area (TPSA) is 111 Å². The Kier molecular flexibility index (Phi) is 7.80. The van der Waals surface area contributed by atoms with E-state index in [0.29, 0.717) is 63.1 Å².